The quantitative estimate of drug-likeness (QED) is 0.388. The van der Waals surface area contributed by atoms with Gasteiger partial charge in [-0.15, -0.1) is 0 Å². The van der Waals surface area contributed by atoms with Crippen LogP contribution in [-0.4, -0.2) is 28.0 Å². The molecule has 0 aromatic rings. The fraction of sp³-hybridized carbons (Fsp3) is 0.833. The maximum absolute atomic E-state index is 9.25. The van der Waals surface area contributed by atoms with E-state index in [1.807, 2.05) is 0 Å². The van der Waals surface area contributed by atoms with Gasteiger partial charge in [0.25, 0.3) is 0 Å². The van der Waals surface area contributed by atoms with Gasteiger partial charge in [0.2, 0.25) is 0 Å². The number of rotatable bonds is 10. The van der Waals surface area contributed by atoms with E-state index in [4.69, 9.17) is 10.2 Å². The Bertz CT molecular complexity index is 146. The number of hydrogen-bond donors (Lipinski definition) is 3. The number of aliphatic hydroxyl groups excluding tert-OH is 3. The van der Waals surface area contributed by atoms with Gasteiger partial charge in [-0.05, 0) is 18.9 Å². The first-order valence-electron chi connectivity index (χ1n) is 5.91. The molecule has 0 heterocycles. The Morgan fingerprint density at radius 2 is 1.40 bits per heavy atom. The van der Waals surface area contributed by atoms with Gasteiger partial charge in [0, 0.05) is 6.61 Å². The SMILES string of the molecule is OC=CC(O)CCCCCCCCCO. The third-order valence-corrected chi connectivity index (χ3v) is 2.47. The van der Waals surface area contributed by atoms with Crippen molar-refractivity contribution < 1.29 is 15.3 Å². The summed E-state index contributed by atoms with van der Waals surface area (Å²) in [5, 5.41) is 26.2. The van der Waals surface area contributed by atoms with E-state index in [0.29, 0.717) is 6.61 Å². The van der Waals surface area contributed by atoms with Crippen LogP contribution in [-0.2, 0) is 0 Å². The van der Waals surface area contributed by atoms with Crippen molar-refractivity contribution in [3.05, 3.63) is 12.3 Å². The van der Waals surface area contributed by atoms with Crippen molar-refractivity contribution in [2.75, 3.05) is 6.61 Å². The lowest BCUT2D eigenvalue weighted by molar-refractivity contribution is 0.205. The molecule has 15 heavy (non-hydrogen) atoms. The summed E-state index contributed by atoms with van der Waals surface area (Å²) in [7, 11) is 0. The molecule has 0 spiro atoms. The zero-order valence-electron chi connectivity index (χ0n) is 9.44. The van der Waals surface area contributed by atoms with Crippen LogP contribution in [0.3, 0.4) is 0 Å². The average molecular weight is 216 g/mol. The van der Waals surface area contributed by atoms with E-state index in [9.17, 15) is 5.11 Å². The molecule has 0 amide bonds. The van der Waals surface area contributed by atoms with Crippen molar-refractivity contribution in [2.45, 2.75) is 57.5 Å². The zero-order chi connectivity index (χ0) is 11.4. The molecule has 1 atom stereocenters. The van der Waals surface area contributed by atoms with Crippen LogP contribution in [0.2, 0.25) is 0 Å². The van der Waals surface area contributed by atoms with Crippen LogP contribution < -0.4 is 0 Å². The van der Waals surface area contributed by atoms with Gasteiger partial charge in [0.15, 0.2) is 0 Å². The van der Waals surface area contributed by atoms with Crippen molar-refractivity contribution in [3.63, 3.8) is 0 Å². The highest BCUT2D eigenvalue weighted by molar-refractivity contribution is 4.81. The van der Waals surface area contributed by atoms with Gasteiger partial charge in [0.1, 0.15) is 0 Å². The summed E-state index contributed by atoms with van der Waals surface area (Å²) >= 11 is 0. The standard InChI is InChI=1S/C12H24O3/c13-10-7-5-3-1-2-4-6-8-12(15)9-11-14/h9,11-15H,1-8,10H2. The minimum atomic E-state index is -0.496. The fourth-order valence-electron chi connectivity index (χ4n) is 1.54. The first-order valence-corrected chi connectivity index (χ1v) is 5.91. The van der Waals surface area contributed by atoms with Crippen molar-refractivity contribution in [3.8, 4) is 0 Å². The van der Waals surface area contributed by atoms with E-state index in [2.05, 4.69) is 0 Å². The van der Waals surface area contributed by atoms with E-state index in [1.165, 1.54) is 25.3 Å². The Morgan fingerprint density at radius 3 is 1.93 bits per heavy atom. The highest BCUT2D eigenvalue weighted by Gasteiger charge is 1.98. The molecular weight excluding hydrogens is 192 g/mol. The van der Waals surface area contributed by atoms with Crippen molar-refractivity contribution in [1.82, 2.24) is 0 Å². The van der Waals surface area contributed by atoms with Crippen molar-refractivity contribution in [1.29, 1.82) is 0 Å². The molecule has 3 heteroatoms. The summed E-state index contributed by atoms with van der Waals surface area (Å²) in [6.45, 7) is 0.305. The molecule has 3 N–H and O–H groups in total. The second-order valence-electron chi connectivity index (χ2n) is 3.90. The van der Waals surface area contributed by atoms with Gasteiger partial charge in [-0.3, -0.25) is 0 Å². The lowest BCUT2D eigenvalue weighted by Gasteiger charge is -2.04. The van der Waals surface area contributed by atoms with Crippen LogP contribution in [0.4, 0.5) is 0 Å². The molecule has 3 nitrogen and oxygen atoms in total. The normalized spacial score (nSPS) is 13.5. The van der Waals surface area contributed by atoms with E-state index in [1.54, 1.807) is 0 Å². The molecule has 90 valence electrons. The molecule has 0 fully saturated rings. The molecule has 0 rings (SSSR count). The van der Waals surface area contributed by atoms with Crippen LogP contribution in [0.5, 0.6) is 0 Å². The van der Waals surface area contributed by atoms with Crippen molar-refractivity contribution in [2.24, 2.45) is 0 Å². The molecule has 0 aliphatic heterocycles. The van der Waals surface area contributed by atoms with Gasteiger partial charge in [0.05, 0.1) is 12.4 Å². The van der Waals surface area contributed by atoms with Crippen LogP contribution in [0.25, 0.3) is 0 Å². The second-order valence-corrected chi connectivity index (χ2v) is 3.90. The Hall–Kier alpha value is -0.540. The van der Waals surface area contributed by atoms with E-state index in [-0.39, 0.29) is 0 Å². The minimum absolute atomic E-state index is 0.305. The van der Waals surface area contributed by atoms with Crippen molar-refractivity contribution >= 4 is 0 Å². The van der Waals surface area contributed by atoms with Gasteiger partial charge in [-0.2, -0.15) is 0 Å². The molecule has 0 radical (unpaired) electrons. The predicted molar refractivity (Wildman–Crippen MR) is 61.8 cm³/mol. The van der Waals surface area contributed by atoms with Crippen LogP contribution in [0.15, 0.2) is 12.3 Å². The Morgan fingerprint density at radius 1 is 0.867 bits per heavy atom. The molecule has 0 bridgehead atoms. The summed E-state index contributed by atoms with van der Waals surface area (Å²) in [5.74, 6) is 0. The second kappa shape index (κ2) is 11.5. The fourth-order valence-corrected chi connectivity index (χ4v) is 1.54. The van der Waals surface area contributed by atoms with Gasteiger partial charge < -0.3 is 15.3 Å². The molecule has 0 aromatic heterocycles. The van der Waals surface area contributed by atoms with Crippen LogP contribution >= 0.6 is 0 Å². The number of unbranched alkanes of at least 4 members (excludes halogenated alkanes) is 6. The number of hydrogen-bond acceptors (Lipinski definition) is 3. The summed E-state index contributed by atoms with van der Waals surface area (Å²) in [6.07, 6.45) is 10.3. The molecular formula is C12H24O3. The molecule has 0 saturated carbocycles. The third-order valence-electron chi connectivity index (χ3n) is 2.47. The Labute approximate surface area is 92.4 Å². The first-order chi connectivity index (χ1) is 7.31. The number of aliphatic hydroxyl groups is 3. The predicted octanol–water partition coefficient (Wildman–Crippen LogP) is 2.53. The highest BCUT2D eigenvalue weighted by atomic mass is 16.3. The average Bonchev–Trinajstić information content (AvgIpc) is 2.22. The van der Waals surface area contributed by atoms with Gasteiger partial charge in [-0.1, -0.05) is 38.5 Å². The van der Waals surface area contributed by atoms with Crippen LogP contribution in [0.1, 0.15) is 51.4 Å². The maximum Gasteiger partial charge on any atom is 0.0777 e. The summed E-state index contributed by atoms with van der Waals surface area (Å²) in [4.78, 5) is 0. The molecule has 0 saturated heterocycles. The lowest BCUT2D eigenvalue weighted by atomic mass is 10.1. The molecule has 0 aliphatic carbocycles. The summed E-state index contributed by atoms with van der Waals surface area (Å²) in [5.41, 5.74) is 0. The topological polar surface area (TPSA) is 60.7 Å². The van der Waals surface area contributed by atoms with Gasteiger partial charge >= 0.3 is 0 Å². The summed E-state index contributed by atoms with van der Waals surface area (Å²) < 4.78 is 0. The molecule has 1 unspecified atom stereocenters. The lowest BCUT2D eigenvalue weighted by Crippen LogP contribution is -2.01. The minimum Gasteiger partial charge on any atom is -0.516 e. The molecule has 0 aliphatic rings. The maximum atomic E-state index is 9.25. The third kappa shape index (κ3) is 11.4. The first kappa shape index (κ1) is 14.5. The highest BCUT2D eigenvalue weighted by Crippen LogP contribution is 2.09. The molecule has 0 aromatic carbocycles. The van der Waals surface area contributed by atoms with E-state index < -0.39 is 6.10 Å². The Kier molecular flexibility index (Phi) is 11.1. The monoisotopic (exact) mass is 216 g/mol. The van der Waals surface area contributed by atoms with Gasteiger partial charge in [-0.25, -0.2) is 0 Å². The summed E-state index contributed by atoms with van der Waals surface area (Å²) in [6, 6.07) is 0. The van der Waals surface area contributed by atoms with E-state index in [0.717, 1.165) is 38.4 Å². The van der Waals surface area contributed by atoms with Crippen LogP contribution in [0, 0.1) is 0 Å². The Balaban J connectivity index is 3.04. The largest absolute Gasteiger partial charge is 0.516 e. The smallest absolute Gasteiger partial charge is 0.0777 e. The zero-order valence-corrected chi connectivity index (χ0v) is 9.44. The van der Waals surface area contributed by atoms with E-state index >= 15 is 0 Å².